The van der Waals surface area contributed by atoms with Gasteiger partial charge in [-0.05, 0) is 54.8 Å². The summed E-state index contributed by atoms with van der Waals surface area (Å²) in [5.41, 5.74) is 4.99. The Labute approximate surface area is 213 Å². The maximum absolute atomic E-state index is 12.2. The molecule has 6 nitrogen and oxygen atoms in total. The molecular weight excluding hydrogens is 525 g/mol. The van der Waals surface area contributed by atoms with Gasteiger partial charge in [-0.2, -0.15) is 0 Å². The smallest absolute Gasteiger partial charge is 0.253 e. The van der Waals surface area contributed by atoms with Gasteiger partial charge in [0.25, 0.3) is 5.91 Å². The number of nitrogens with one attached hydrogen (secondary N) is 2. The van der Waals surface area contributed by atoms with Crippen molar-refractivity contribution in [3.63, 3.8) is 0 Å². The van der Waals surface area contributed by atoms with E-state index in [2.05, 4.69) is 40.7 Å². The van der Waals surface area contributed by atoms with Gasteiger partial charge in [0.1, 0.15) is 0 Å². The summed E-state index contributed by atoms with van der Waals surface area (Å²) < 4.78 is 0. The lowest BCUT2D eigenvalue weighted by Gasteiger charge is -2.13. The van der Waals surface area contributed by atoms with Crippen molar-refractivity contribution in [1.29, 1.82) is 0 Å². The molecule has 0 radical (unpaired) electrons. The topological polar surface area (TPSA) is 69.6 Å². The first-order valence-electron chi connectivity index (χ1n) is 10.9. The molecule has 3 rings (SSSR count). The Morgan fingerprint density at radius 1 is 0.970 bits per heavy atom. The van der Waals surface area contributed by atoms with Gasteiger partial charge in [0.2, 0.25) is 0 Å². The van der Waals surface area contributed by atoms with Crippen LogP contribution in [0.25, 0.3) is 11.3 Å². The summed E-state index contributed by atoms with van der Waals surface area (Å²) in [7, 11) is 3.53. The van der Waals surface area contributed by atoms with Crippen molar-refractivity contribution in [3.8, 4) is 11.3 Å². The zero-order chi connectivity index (χ0) is 22.8. The second-order valence-corrected chi connectivity index (χ2v) is 7.69. The van der Waals surface area contributed by atoms with E-state index in [1.165, 1.54) is 0 Å². The Kier molecular flexibility index (Phi) is 10.8. The Morgan fingerprint density at radius 3 is 2.48 bits per heavy atom. The van der Waals surface area contributed by atoms with E-state index < -0.39 is 0 Å². The number of hydrogen-bond acceptors (Lipinski definition) is 3. The highest BCUT2D eigenvalue weighted by molar-refractivity contribution is 14.0. The number of benzene rings is 2. The van der Waals surface area contributed by atoms with Crippen LogP contribution < -0.4 is 10.6 Å². The van der Waals surface area contributed by atoms with Crippen LogP contribution in [-0.2, 0) is 13.0 Å². The van der Waals surface area contributed by atoms with Crippen LogP contribution >= 0.6 is 24.0 Å². The molecule has 0 saturated heterocycles. The molecule has 33 heavy (non-hydrogen) atoms. The molecule has 7 heteroatoms. The van der Waals surface area contributed by atoms with Crippen molar-refractivity contribution in [2.24, 2.45) is 4.99 Å². The molecule has 2 N–H and O–H groups in total. The van der Waals surface area contributed by atoms with Crippen LogP contribution in [0.5, 0.6) is 0 Å². The van der Waals surface area contributed by atoms with E-state index in [1.54, 1.807) is 25.2 Å². The van der Waals surface area contributed by atoms with E-state index in [4.69, 9.17) is 4.99 Å². The van der Waals surface area contributed by atoms with E-state index >= 15 is 0 Å². The van der Waals surface area contributed by atoms with Gasteiger partial charge in [0, 0.05) is 44.5 Å². The monoisotopic (exact) mass is 557 g/mol. The number of hydrogen-bond donors (Lipinski definition) is 2. The lowest BCUT2D eigenvalue weighted by Crippen LogP contribution is -2.38. The summed E-state index contributed by atoms with van der Waals surface area (Å²) in [6.07, 6.45) is 2.60. The summed E-state index contributed by atoms with van der Waals surface area (Å²) in [4.78, 5) is 22.9. The number of carbonyl (C=O) groups excluding carboxylic acids is 1. The quantitative estimate of drug-likeness (QED) is 0.245. The number of aliphatic imine (C=N–C) groups is 1. The van der Waals surface area contributed by atoms with E-state index in [-0.39, 0.29) is 29.9 Å². The molecule has 0 spiro atoms. The Bertz CT molecular complexity index is 1050. The van der Waals surface area contributed by atoms with Crippen molar-refractivity contribution < 1.29 is 4.79 Å². The molecule has 0 atom stereocenters. The molecule has 0 aliphatic carbocycles. The standard InChI is InChI=1S/C26H31N5O.HI/c1-4-27-26(29-16-14-20-9-7-12-23(17-20)25(32)31(2)3)30-19-21-10-8-11-22(18-21)24-13-5-6-15-28-24;/h5-13,15,17-18H,4,14,16,19H2,1-3H3,(H2,27,29,30);1H. The van der Waals surface area contributed by atoms with E-state index in [0.29, 0.717) is 12.1 Å². The van der Waals surface area contributed by atoms with Gasteiger partial charge in [0.15, 0.2) is 5.96 Å². The normalized spacial score (nSPS) is 10.8. The van der Waals surface area contributed by atoms with Crippen LogP contribution in [0.15, 0.2) is 77.9 Å². The first-order chi connectivity index (χ1) is 15.6. The molecule has 2 aromatic carbocycles. The molecule has 3 aromatic rings. The average molecular weight is 557 g/mol. The Hall–Kier alpha value is -2.94. The third kappa shape index (κ3) is 8.16. The number of nitrogens with zero attached hydrogens (tertiary/aromatic N) is 3. The number of amides is 1. The third-order valence-corrected chi connectivity index (χ3v) is 4.94. The number of aromatic nitrogens is 1. The number of rotatable bonds is 8. The van der Waals surface area contributed by atoms with Gasteiger partial charge in [-0.3, -0.25) is 9.78 Å². The van der Waals surface area contributed by atoms with Crippen LogP contribution in [0.4, 0.5) is 0 Å². The maximum Gasteiger partial charge on any atom is 0.253 e. The summed E-state index contributed by atoms with van der Waals surface area (Å²) in [5.74, 6) is 0.791. The molecule has 0 unspecified atom stereocenters. The summed E-state index contributed by atoms with van der Waals surface area (Å²) in [6.45, 7) is 4.13. The number of guanidine groups is 1. The summed E-state index contributed by atoms with van der Waals surface area (Å²) in [5, 5.41) is 6.68. The third-order valence-electron chi connectivity index (χ3n) is 4.94. The molecule has 1 aromatic heterocycles. The fourth-order valence-electron chi connectivity index (χ4n) is 3.32. The predicted octanol–water partition coefficient (Wildman–Crippen LogP) is 4.37. The molecule has 0 aliphatic rings. The largest absolute Gasteiger partial charge is 0.357 e. The fraction of sp³-hybridized carbons (Fsp3) is 0.269. The Morgan fingerprint density at radius 2 is 1.76 bits per heavy atom. The van der Waals surface area contributed by atoms with Gasteiger partial charge >= 0.3 is 0 Å². The molecule has 174 valence electrons. The van der Waals surface area contributed by atoms with Gasteiger partial charge in [-0.1, -0.05) is 36.4 Å². The minimum Gasteiger partial charge on any atom is -0.357 e. The van der Waals surface area contributed by atoms with Gasteiger partial charge in [0.05, 0.1) is 12.2 Å². The van der Waals surface area contributed by atoms with Crippen LogP contribution in [0, 0.1) is 0 Å². The van der Waals surface area contributed by atoms with Gasteiger partial charge < -0.3 is 15.5 Å². The molecule has 0 aliphatic heterocycles. The molecule has 0 fully saturated rings. The second-order valence-electron chi connectivity index (χ2n) is 7.69. The van der Waals surface area contributed by atoms with Crippen LogP contribution in [0.3, 0.4) is 0 Å². The highest BCUT2D eigenvalue weighted by atomic mass is 127. The molecule has 1 heterocycles. The summed E-state index contributed by atoms with van der Waals surface area (Å²) >= 11 is 0. The second kappa shape index (κ2) is 13.6. The molecule has 0 saturated carbocycles. The zero-order valence-corrected chi connectivity index (χ0v) is 21.7. The first-order valence-corrected chi connectivity index (χ1v) is 10.9. The van der Waals surface area contributed by atoms with Crippen molar-refractivity contribution in [2.75, 3.05) is 27.2 Å². The van der Waals surface area contributed by atoms with Gasteiger partial charge in [-0.15, -0.1) is 24.0 Å². The SMILES string of the molecule is CCNC(=NCc1cccc(-c2ccccn2)c1)NCCc1cccc(C(=O)N(C)C)c1.I. The first kappa shape index (κ1) is 26.3. The minimum absolute atomic E-state index is 0. The van der Waals surface area contributed by atoms with Gasteiger partial charge in [-0.25, -0.2) is 4.99 Å². The molecular formula is C26H32IN5O. The lowest BCUT2D eigenvalue weighted by atomic mass is 10.1. The predicted molar refractivity (Wildman–Crippen MR) is 146 cm³/mol. The van der Waals surface area contributed by atoms with E-state index in [9.17, 15) is 4.79 Å². The number of pyridine rings is 1. The van der Waals surface area contributed by atoms with Crippen molar-refractivity contribution in [3.05, 3.63) is 89.6 Å². The average Bonchev–Trinajstić information content (AvgIpc) is 2.83. The van der Waals surface area contributed by atoms with Crippen molar-refractivity contribution in [1.82, 2.24) is 20.5 Å². The molecule has 1 amide bonds. The van der Waals surface area contributed by atoms with Crippen LogP contribution in [0.1, 0.15) is 28.4 Å². The highest BCUT2D eigenvalue weighted by Gasteiger charge is 2.08. The zero-order valence-electron chi connectivity index (χ0n) is 19.4. The van der Waals surface area contributed by atoms with E-state index in [1.807, 2.05) is 48.5 Å². The highest BCUT2D eigenvalue weighted by Crippen LogP contribution is 2.18. The molecule has 0 bridgehead atoms. The maximum atomic E-state index is 12.2. The van der Waals surface area contributed by atoms with Crippen LogP contribution in [-0.4, -0.2) is 48.9 Å². The van der Waals surface area contributed by atoms with E-state index in [0.717, 1.165) is 47.9 Å². The van der Waals surface area contributed by atoms with Crippen molar-refractivity contribution in [2.45, 2.75) is 19.9 Å². The minimum atomic E-state index is 0. The summed E-state index contributed by atoms with van der Waals surface area (Å²) in [6, 6.07) is 22.0. The number of halogens is 1. The van der Waals surface area contributed by atoms with Crippen molar-refractivity contribution >= 4 is 35.8 Å². The number of carbonyl (C=O) groups is 1. The lowest BCUT2D eigenvalue weighted by molar-refractivity contribution is 0.0827. The fourth-order valence-corrected chi connectivity index (χ4v) is 3.32. The van der Waals surface area contributed by atoms with Crippen LogP contribution in [0.2, 0.25) is 0 Å². The Balaban J connectivity index is 0.00000385.